The molecule has 0 heterocycles. The van der Waals surface area contributed by atoms with Crippen LogP contribution in [-0.4, -0.2) is 32.3 Å². The van der Waals surface area contributed by atoms with E-state index in [1.807, 2.05) is 7.05 Å². The first-order valence-corrected chi connectivity index (χ1v) is 4.85. The second kappa shape index (κ2) is 5.51. The fourth-order valence-corrected chi connectivity index (χ4v) is 1.75. The molecule has 72 valence electrons. The minimum atomic E-state index is 0.471. The van der Waals surface area contributed by atoms with E-state index in [0.29, 0.717) is 18.7 Å². The van der Waals surface area contributed by atoms with E-state index in [1.54, 1.807) is 0 Å². The molecule has 0 aromatic carbocycles. The zero-order valence-corrected chi connectivity index (χ0v) is 7.88. The molecule has 1 aliphatic rings. The zero-order valence-electron chi connectivity index (χ0n) is 7.88. The maximum atomic E-state index is 5.57. The number of hydrogen-bond acceptors (Lipinski definition) is 3. The van der Waals surface area contributed by atoms with Gasteiger partial charge >= 0.3 is 0 Å². The molecular weight excluding hydrogens is 152 g/mol. The van der Waals surface area contributed by atoms with Crippen LogP contribution in [0.25, 0.3) is 0 Å². The van der Waals surface area contributed by atoms with Crippen molar-refractivity contribution in [1.82, 2.24) is 5.32 Å². The van der Waals surface area contributed by atoms with Gasteiger partial charge in [-0.25, -0.2) is 0 Å². The molecule has 12 heavy (non-hydrogen) atoms. The SMILES string of the molecule is CNC1CCC(OCCN)CC1. The Morgan fingerprint density at radius 2 is 2.00 bits per heavy atom. The fraction of sp³-hybridized carbons (Fsp3) is 1.00. The van der Waals surface area contributed by atoms with Gasteiger partial charge in [0.05, 0.1) is 12.7 Å². The van der Waals surface area contributed by atoms with Crippen molar-refractivity contribution in [2.24, 2.45) is 5.73 Å². The lowest BCUT2D eigenvalue weighted by molar-refractivity contribution is 0.0277. The predicted octanol–water partition coefficient (Wildman–Crippen LogP) is 0.492. The second-order valence-electron chi connectivity index (χ2n) is 3.42. The van der Waals surface area contributed by atoms with Crippen molar-refractivity contribution in [3.05, 3.63) is 0 Å². The molecule has 0 atom stereocenters. The van der Waals surface area contributed by atoms with Gasteiger partial charge in [0.2, 0.25) is 0 Å². The molecule has 1 aliphatic carbocycles. The molecule has 0 aromatic rings. The Hall–Kier alpha value is -0.120. The van der Waals surface area contributed by atoms with E-state index in [-0.39, 0.29) is 0 Å². The lowest BCUT2D eigenvalue weighted by atomic mass is 9.93. The van der Waals surface area contributed by atoms with E-state index in [0.717, 1.165) is 6.61 Å². The highest BCUT2D eigenvalue weighted by molar-refractivity contribution is 4.76. The predicted molar refractivity (Wildman–Crippen MR) is 50.1 cm³/mol. The summed E-state index contributed by atoms with van der Waals surface area (Å²) in [6.45, 7) is 1.36. The highest BCUT2D eigenvalue weighted by Crippen LogP contribution is 2.20. The van der Waals surface area contributed by atoms with E-state index in [1.165, 1.54) is 25.7 Å². The van der Waals surface area contributed by atoms with Gasteiger partial charge in [0.1, 0.15) is 0 Å². The third-order valence-electron chi connectivity index (χ3n) is 2.55. The summed E-state index contributed by atoms with van der Waals surface area (Å²) < 4.78 is 5.57. The van der Waals surface area contributed by atoms with Gasteiger partial charge in [0.15, 0.2) is 0 Å². The minimum absolute atomic E-state index is 0.471. The molecule has 3 heteroatoms. The van der Waals surface area contributed by atoms with Gasteiger partial charge in [-0.15, -0.1) is 0 Å². The monoisotopic (exact) mass is 172 g/mol. The summed E-state index contributed by atoms with van der Waals surface area (Å²) in [5, 5.41) is 3.30. The van der Waals surface area contributed by atoms with Crippen LogP contribution >= 0.6 is 0 Å². The zero-order chi connectivity index (χ0) is 8.81. The Kier molecular flexibility index (Phi) is 4.58. The minimum Gasteiger partial charge on any atom is -0.377 e. The second-order valence-corrected chi connectivity index (χ2v) is 3.42. The topological polar surface area (TPSA) is 47.3 Å². The first kappa shape index (κ1) is 9.96. The number of ether oxygens (including phenoxy) is 1. The summed E-state index contributed by atoms with van der Waals surface area (Å²) >= 11 is 0. The summed E-state index contributed by atoms with van der Waals surface area (Å²) in [6, 6.07) is 0.711. The Bertz CT molecular complexity index is 111. The summed E-state index contributed by atoms with van der Waals surface area (Å²) in [5.74, 6) is 0. The van der Waals surface area contributed by atoms with Crippen molar-refractivity contribution in [2.45, 2.75) is 37.8 Å². The third kappa shape index (κ3) is 3.09. The van der Waals surface area contributed by atoms with E-state index >= 15 is 0 Å². The number of rotatable bonds is 4. The Labute approximate surface area is 74.7 Å². The van der Waals surface area contributed by atoms with Crippen molar-refractivity contribution in [3.63, 3.8) is 0 Å². The standard InChI is InChI=1S/C9H20N2O/c1-11-8-2-4-9(5-3-8)12-7-6-10/h8-9,11H,2-7,10H2,1H3. The lowest BCUT2D eigenvalue weighted by Crippen LogP contribution is -2.33. The average Bonchev–Trinajstić information content (AvgIpc) is 2.15. The van der Waals surface area contributed by atoms with E-state index in [9.17, 15) is 0 Å². The fourth-order valence-electron chi connectivity index (χ4n) is 1.75. The maximum absolute atomic E-state index is 5.57. The molecule has 0 aromatic heterocycles. The average molecular weight is 172 g/mol. The number of nitrogens with one attached hydrogen (secondary N) is 1. The van der Waals surface area contributed by atoms with Crippen LogP contribution in [0.5, 0.6) is 0 Å². The van der Waals surface area contributed by atoms with Crippen LogP contribution in [0.4, 0.5) is 0 Å². The van der Waals surface area contributed by atoms with Crippen LogP contribution in [0.1, 0.15) is 25.7 Å². The van der Waals surface area contributed by atoms with Crippen LogP contribution in [0.2, 0.25) is 0 Å². The van der Waals surface area contributed by atoms with Crippen molar-refractivity contribution >= 4 is 0 Å². The van der Waals surface area contributed by atoms with Gasteiger partial charge < -0.3 is 15.8 Å². The summed E-state index contributed by atoms with van der Waals surface area (Å²) in [7, 11) is 2.03. The van der Waals surface area contributed by atoms with Gasteiger partial charge in [-0.1, -0.05) is 0 Å². The van der Waals surface area contributed by atoms with Gasteiger partial charge in [0, 0.05) is 12.6 Å². The van der Waals surface area contributed by atoms with E-state index in [2.05, 4.69) is 5.32 Å². The van der Waals surface area contributed by atoms with Crippen LogP contribution in [-0.2, 0) is 4.74 Å². The lowest BCUT2D eigenvalue weighted by Gasteiger charge is -2.28. The molecule has 0 unspecified atom stereocenters. The summed E-state index contributed by atoms with van der Waals surface area (Å²) in [4.78, 5) is 0. The summed E-state index contributed by atoms with van der Waals surface area (Å²) in [6.07, 6.45) is 5.33. The molecular formula is C9H20N2O. The van der Waals surface area contributed by atoms with Crippen molar-refractivity contribution in [1.29, 1.82) is 0 Å². The van der Waals surface area contributed by atoms with Gasteiger partial charge in [0.25, 0.3) is 0 Å². The molecule has 1 rings (SSSR count). The third-order valence-corrected chi connectivity index (χ3v) is 2.55. The molecule has 0 saturated heterocycles. The molecule has 3 N–H and O–H groups in total. The molecule has 0 amide bonds. The quantitative estimate of drug-likeness (QED) is 0.649. The molecule has 1 fully saturated rings. The largest absolute Gasteiger partial charge is 0.377 e. The van der Waals surface area contributed by atoms with Crippen LogP contribution < -0.4 is 11.1 Å². The van der Waals surface area contributed by atoms with Crippen molar-refractivity contribution in [3.8, 4) is 0 Å². The number of hydrogen-bond donors (Lipinski definition) is 2. The van der Waals surface area contributed by atoms with Gasteiger partial charge in [-0.3, -0.25) is 0 Å². The van der Waals surface area contributed by atoms with Crippen LogP contribution in [0.3, 0.4) is 0 Å². The molecule has 3 nitrogen and oxygen atoms in total. The summed E-state index contributed by atoms with van der Waals surface area (Å²) in [5.41, 5.74) is 5.36. The Morgan fingerprint density at radius 3 is 2.50 bits per heavy atom. The highest BCUT2D eigenvalue weighted by Gasteiger charge is 2.19. The number of nitrogens with two attached hydrogens (primary N) is 1. The van der Waals surface area contributed by atoms with Crippen LogP contribution in [0.15, 0.2) is 0 Å². The molecule has 0 bridgehead atoms. The van der Waals surface area contributed by atoms with Gasteiger partial charge in [-0.2, -0.15) is 0 Å². The molecule has 0 radical (unpaired) electrons. The van der Waals surface area contributed by atoms with E-state index in [4.69, 9.17) is 10.5 Å². The van der Waals surface area contributed by atoms with Crippen molar-refractivity contribution < 1.29 is 4.74 Å². The van der Waals surface area contributed by atoms with Crippen LogP contribution in [0, 0.1) is 0 Å². The molecule has 0 spiro atoms. The molecule has 0 aliphatic heterocycles. The first-order valence-electron chi connectivity index (χ1n) is 4.85. The maximum Gasteiger partial charge on any atom is 0.0592 e. The Balaban J connectivity index is 2.09. The van der Waals surface area contributed by atoms with Gasteiger partial charge in [-0.05, 0) is 32.7 Å². The smallest absolute Gasteiger partial charge is 0.0592 e. The normalized spacial score (nSPS) is 30.5. The first-order chi connectivity index (χ1) is 5.86. The molecule has 1 saturated carbocycles. The highest BCUT2D eigenvalue weighted by atomic mass is 16.5. The van der Waals surface area contributed by atoms with E-state index < -0.39 is 0 Å². The van der Waals surface area contributed by atoms with Crippen molar-refractivity contribution in [2.75, 3.05) is 20.2 Å². The Morgan fingerprint density at radius 1 is 1.33 bits per heavy atom.